The van der Waals surface area contributed by atoms with E-state index in [9.17, 15) is 4.79 Å². The number of piperazine rings is 1. The van der Waals surface area contributed by atoms with E-state index in [0.717, 1.165) is 30.1 Å². The minimum Gasteiger partial charge on any atom is -0.399 e. The Bertz CT molecular complexity index is 892. The Balaban J connectivity index is 0.00000131. The molecular weight excluding hydrogens is 389 g/mol. The summed E-state index contributed by atoms with van der Waals surface area (Å²) in [4.78, 5) is 16.6. The molecule has 0 atom stereocenters. The number of benzene rings is 1. The lowest BCUT2D eigenvalue weighted by atomic mass is 10.1. The van der Waals surface area contributed by atoms with Crippen LogP contribution in [0.5, 0.6) is 0 Å². The molecule has 1 amide bonds. The highest BCUT2D eigenvalue weighted by Gasteiger charge is 2.22. The van der Waals surface area contributed by atoms with Crippen LogP contribution in [0.1, 0.15) is 5.56 Å². The van der Waals surface area contributed by atoms with Crippen LogP contribution in [0.3, 0.4) is 0 Å². The van der Waals surface area contributed by atoms with Crippen molar-refractivity contribution in [2.45, 2.75) is 6.42 Å². The highest BCUT2D eigenvalue weighted by molar-refractivity contribution is 5.85. The molecule has 4 rings (SSSR count). The molecule has 2 aromatic heterocycles. The number of nitrogens with two attached hydrogens (primary N) is 1. The minimum absolute atomic E-state index is 0. The van der Waals surface area contributed by atoms with E-state index in [1.165, 1.54) is 0 Å². The van der Waals surface area contributed by atoms with Crippen molar-refractivity contribution in [2.24, 2.45) is 0 Å². The van der Waals surface area contributed by atoms with Crippen LogP contribution >= 0.6 is 24.8 Å². The summed E-state index contributed by atoms with van der Waals surface area (Å²) in [6, 6.07) is 11.3. The van der Waals surface area contributed by atoms with Gasteiger partial charge >= 0.3 is 0 Å². The molecule has 27 heavy (non-hydrogen) atoms. The predicted molar refractivity (Wildman–Crippen MR) is 109 cm³/mol. The summed E-state index contributed by atoms with van der Waals surface area (Å²) in [6.45, 7) is 2.90. The molecule has 0 saturated carbocycles. The molecule has 2 N–H and O–H groups in total. The van der Waals surface area contributed by atoms with Gasteiger partial charge in [0.05, 0.1) is 6.42 Å². The molecule has 1 aliphatic rings. The topological polar surface area (TPSA) is 92.7 Å². The van der Waals surface area contributed by atoms with Crippen LogP contribution in [0.15, 0.2) is 42.7 Å². The molecule has 0 spiro atoms. The summed E-state index contributed by atoms with van der Waals surface area (Å²) in [6.07, 6.45) is 2.00. The summed E-state index contributed by atoms with van der Waals surface area (Å²) < 4.78 is 1.66. The molecule has 0 bridgehead atoms. The number of aromatic nitrogens is 4. The lowest BCUT2D eigenvalue weighted by molar-refractivity contribution is -0.130. The van der Waals surface area contributed by atoms with E-state index in [-0.39, 0.29) is 30.7 Å². The Kier molecular flexibility index (Phi) is 6.81. The van der Waals surface area contributed by atoms with Crippen LogP contribution in [-0.4, -0.2) is 56.8 Å². The van der Waals surface area contributed by atoms with Crippen LogP contribution in [0.2, 0.25) is 0 Å². The summed E-state index contributed by atoms with van der Waals surface area (Å²) in [5.41, 5.74) is 8.10. The first-order valence-electron chi connectivity index (χ1n) is 8.23. The second-order valence-corrected chi connectivity index (χ2v) is 6.11. The molecule has 3 heterocycles. The van der Waals surface area contributed by atoms with Crippen molar-refractivity contribution < 1.29 is 4.79 Å². The van der Waals surface area contributed by atoms with Crippen molar-refractivity contribution >= 4 is 47.9 Å². The van der Waals surface area contributed by atoms with Gasteiger partial charge in [-0.15, -0.1) is 40.1 Å². The maximum absolute atomic E-state index is 12.5. The van der Waals surface area contributed by atoms with Crippen molar-refractivity contribution in [3.63, 3.8) is 0 Å². The third-order valence-corrected chi connectivity index (χ3v) is 4.44. The van der Waals surface area contributed by atoms with Crippen molar-refractivity contribution in [2.75, 3.05) is 36.8 Å². The average molecular weight is 410 g/mol. The van der Waals surface area contributed by atoms with E-state index in [2.05, 4.69) is 20.2 Å². The van der Waals surface area contributed by atoms with E-state index in [0.29, 0.717) is 25.2 Å². The van der Waals surface area contributed by atoms with E-state index in [1.54, 1.807) is 10.8 Å². The lowest BCUT2D eigenvalue weighted by Gasteiger charge is -2.35. The molecule has 10 heteroatoms. The van der Waals surface area contributed by atoms with Crippen molar-refractivity contribution in [3.8, 4) is 0 Å². The van der Waals surface area contributed by atoms with Crippen LogP contribution in [0.4, 0.5) is 11.5 Å². The van der Waals surface area contributed by atoms with Crippen molar-refractivity contribution in [1.82, 2.24) is 24.7 Å². The van der Waals surface area contributed by atoms with Gasteiger partial charge in [0.1, 0.15) is 12.1 Å². The fraction of sp³-hybridized carbons (Fsp3) is 0.294. The highest BCUT2D eigenvalue weighted by Crippen LogP contribution is 2.15. The van der Waals surface area contributed by atoms with Crippen LogP contribution < -0.4 is 10.6 Å². The van der Waals surface area contributed by atoms with E-state index in [1.807, 2.05) is 41.3 Å². The molecule has 0 radical (unpaired) electrons. The summed E-state index contributed by atoms with van der Waals surface area (Å²) in [5.74, 6) is 1.02. The van der Waals surface area contributed by atoms with E-state index in [4.69, 9.17) is 5.73 Å². The van der Waals surface area contributed by atoms with Crippen LogP contribution in [0, 0.1) is 0 Å². The first-order chi connectivity index (χ1) is 12.2. The Morgan fingerprint density at radius 1 is 1.00 bits per heavy atom. The number of fused-ring (bicyclic) bond motifs is 1. The number of halogens is 2. The monoisotopic (exact) mass is 409 g/mol. The van der Waals surface area contributed by atoms with Crippen molar-refractivity contribution in [1.29, 1.82) is 0 Å². The average Bonchev–Trinajstić information content (AvgIpc) is 3.11. The normalized spacial score (nSPS) is 13.8. The van der Waals surface area contributed by atoms with Gasteiger partial charge in [-0.3, -0.25) is 4.79 Å². The zero-order valence-electron chi connectivity index (χ0n) is 14.6. The first-order valence-corrected chi connectivity index (χ1v) is 8.23. The maximum Gasteiger partial charge on any atom is 0.227 e. The van der Waals surface area contributed by atoms with Crippen molar-refractivity contribution in [3.05, 3.63) is 48.3 Å². The number of nitrogens with zero attached hydrogens (tertiary/aromatic N) is 6. The van der Waals surface area contributed by atoms with Crippen LogP contribution in [-0.2, 0) is 11.2 Å². The lowest BCUT2D eigenvalue weighted by Crippen LogP contribution is -2.49. The number of carbonyl (C=O) groups excluding carboxylic acids is 1. The predicted octanol–water partition coefficient (Wildman–Crippen LogP) is 1.44. The van der Waals surface area contributed by atoms with Gasteiger partial charge in [0, 0.05) is 31.9 Å². The fourth-order valence-corrected chi connectivity index (χ4v) is 2.99. The number of anilines is 2. The second-order valence-electron chi connectivity index (χ2n) is 6.11. The Morgan fingerprint density at radius 3 is 2.41 bits per heavy atom. The molecule has 0 aliphatic carbocycles. The smallest absolute Gasteiger partial charge is 0.227 e. The third kappa shape index (κ3) is 4.58. The number of amides is 1. The molecule has 8 nitrogen and oxygen atoms in total. The van der Waals surface area contributed by atoms with Gasteiger partial charge in [0.25, 0.3) is 0 Å². The molecule has 144 valence electrons. The molecular formula is C17H21Cl2N7O. The molecule has 1 aliphatic heterocycles. The second kappa shape index (κ2) is 8.88. The zero-order chi connectivity index (χ0) is 17.2. The van der Waals surface area contributed by atoms with Gasteiger partial charge in [0.15, 0.2) is 5.65 Å². The highest BCUT2D eigenvalue weighted by atomic mass is 35.5. The molecule has 1 fully saturated rings. The number of hydrogen-bond acceptors (Lipinski definition) is 6. The van der Waals surface area contributed by atoms with Gasteiger partial charge in [-0.05, 0) is 29.8 Å². The van der Waals surface area contributed by atoms with Gasteiger partial charge in [-0.25, -0.2) is 0 Å². The quantitative estimate of drug-likeness (QED) is 0.657. The summed E-state index contributed by atoms with van der Waals surface area (Å²) >= 11 is 0. The zero-order valence-corrected chi connectivity index (χ0v) is 16.2. The third-order valence-electron chi connectivity index (χ3n) is 4.44. The Labute approximate surface area is 169 Å². The largest absolute Gasteiger partial charge is 0.399 e. The number of rotatable bonds is 3. The number of carbonyl (C=O) groups is 1. The maximum atomic E-state index is 12.5. The minimum atomic E-state index is 0. The standard InChI is InChI=1S/C17H19N7O.2ClH/c18-14-3-1-13(2-4-14)11-17(25)23-9-7-22(8-10-23)16-6-5-15-20-19-12-24(15)21-16;;/h1-6,12H,7-11,18H2;2*1H. The first kappa shape index (κ1) is 20.7. The van der Waals surface area contributed by atoms with E-state index >= 15 is 0 Å². The number of nitrogen functional groups attached to an aromatic ring is 1. The van der Waals surface area contributed by atoms with Gasteiger partial charge in [0.2, 0.25) is 5.91 Å². The Hall–Kier alpha value is -2.58. The SMILES string of the molecule is Cl.Cl.Nc1ccc(CC(=O)N2CCN(c3ccc4nncn4n3)CC2)cc1. The van der Waals surface area contributed by atoms with Gasteiger partial charge in [-0.1, -0.05) is 12.1 Å². The van der Waals surface area contributed by atoms with E-state index < -0.39 is 0 Å². The van der Waals surface area contributed by atoms with Gasteiger partial charge in [-0.2, -0.15) is 4.52 Å². The molecule has 1 saturated heterocycles. The van der Waals surface area contributed by atoms with Crippen LogP contribution in [0.25, 0.3) is 5.65 Å². The molecule has 0 unspecified atom stereocenters. The number of hydrogen-bond donors (Lipinski definition) is 1. The summed E-state index contributed by atoms with van der Waals surface area (Å²) in [5, 5.41) is 12.3. The fourth-order valence-electron chi connectivity index (χ4n) is 2.99. The molecule has 1 aromatic carbocycles. The Morgan fingerprint density at radius 2 is 1.70 bits per heavy atom. The molecule has 3 aromatic rings. The van der Waals surface area contributed by atoms with Gasteiger partial charge < -0.3 is 15.5 Å². The summed E-state index contributed by atoms with van der Waals surface area (Å²) in [7, 11) is 0.